The molecule has 3 rings (SSSR count). The molecular weight excluding hydrogens is 368 g/mol. The van der Waals surface area contributed by atoms with Gasteiger partial charge in [0.1, 0.15) is 24.0 Å². The highest BCUT2D eigenvalue weighted by atomic mass is 16.5. The summed E-state index contributed by atoms with van der Waals surface area (Å²) >= 11 is 0. The Bertz CT molecular complexity index is 920. The monoisotopic (exact) mass is 392 g/mol. The van der Waals surface area contributed by atoms with Crippen molar-refractivity contribution in [3.05, 3.63) is 78.4 Å². The number of ether oxygens (including phenoxy) is 2. The molecule has 0 saturated heterocycles. The fourth-order valence-corrected chi connectivity index (χ4v) is 2.72. The number of anilines is 3. The second-order valence-electron chi connectivity index (χ2n) is 6.21. The van der Waals surface area contributed by atoms with Gasteiger partial charge in [-0.15, -0.1) is 0 Å². The normalized spacial score (nSPS) is 11.3. The quantitative estimate of drug-likeness (QED) is 0.523. The molecule has 0 saturated carbocycles. The van der Waals surface area contributed by atoms with Crippen molar-refractivity contribution < 1.29 is 14.3 Å². The van der Waals surface area contributed by atoms with Gasteiger partial charge in [0.15, 0.2) is 0 Å². The predicted molar refractivity (Wildman–Crippen MR) is 114 cm³/mol. The van der Waals surface area contributed by atoms with Crippen LogP contribution in [-0.2, 0) is 4.74 Å². The van der Waals surface area contributed by atoms with Crippen LogP contribution in [-0.4, -0.2) is 24.3 Å². The van der Waals surface area contributed by atoms with E-state index < -0.39 is 6.09 Å². The Balaban J connectivity index is 1.73. The lowest BCUT2D eigenvalue weighted by molar-refractivity contribution is 0.168. The number of para-hydroxylation sites is 1. The van der Waals surface area contributed by atoms with E-state index in [0.717, 1.165) is 11.3 Å². The molecule has 0 aliphatic rings. The van der Waals surface area contributed by atoms with Crippen LogP contribution in [0.1, 0.15) is 18.5 Å². The number of rotatable bonds is 8. The number of nitrogens with one attached hydrogen (secondary N) is 2. The first-order valence-corrected chi connectivity index (χ1v) is 9.35. The lowest BCUT2D eigenvalue weighted by Gasteiger charge is -2.21. The molecule has 1 amide bonds. The van der Waals surface area contributed by atoms with Gasteiger partial charge >= 0.3 is 6.09 Å². The van der Waals surface area contributed by atoms with Crippen LogP contribution in [0.5, 0.6) is 5.75 Å². The Morgan fingerprint density at radius 2 is 1.72 bits per heavy atom. The van der Waals surface area contributed by atoms with Crippen LogP contribution in [0.4, 0.5) is 22.1 Å². The second-order valence-corrected chi connectivity index (χ2v) is 6.21. The van der Waals surface area contributed by atoms with Crippen LogP contribution in [0.15, 0.2) is 72.8 Å². The van der Waals surface area contributed by atoms with Crippen molar-refractivity contribution in [3.63, 3.8) is 0 Å². The Hall–Kier alpha value is -3.74. The molecule has 4 N–H and O–H groups in total. The van der Waals surface area contributed by atoms with Crippen molar-refractivity contribution >= 4 is 23.4 Å². The fraction of sp³-hybridized carbons (Fsp3) is 0.182. The lowest BCUT2D eigenvalue weighted by atomic mass is 10.1. The van der Waals surface area contributed by atoms with E-state index in [9.17, 15) is 4.79 Å². The van der Waals surface area contributed by atoms with Crippen molar-refractivity contribution in [2.24, 2.45) is 0 Å². The molecule has 0 bridgehead atoms. The van der Waals surface area contributed by atoms with Gasteiger partial charge in [-0.1, -0.05) is 48.5 Å². The molecule has 1 aromatic heterocycles. The van der Waals surface area contributed by atoms with Crippen LogP contribution in [0.2, 0.25) is 0 Å². The SMILES string of the molecule is CCOC(=O)Nc1ccc(NC(COc2ccccc2)c2ccccc2)nc1N. The minimum absolute atomic E-state index is 0.146. The van der Waals surface area contributed by atoms with Crippen molar-refractivity contribution in [3.8, 4) is 5.75 Å². The van der Waals surface area contributed by atoms with Crippen molar-refractivity contribution in [2.45, 2.75) is 13.0 Å². The highest BCUT2D eigenvalue weighted by Gasteiger charge is 2.14. The van der Waals surface area contributed by atoms with Crippen LogP contribution >= 0.6 is 0 Å². The van der Waals surface area contributed by atoms with Crippen molar-refractivity contribution in [1.29, 1.82) is 0 Å². The molecule has 29 heavy (non-hydrogen) atoms. The van der Waals surface area contributed by atoms with Crippen molar-refractivity contribution in [2.75, 3.05) is 29.6 Å². The predicted octanol–water partition coefficient (Wildman–Crippen LogP) is 4.46. The fourth-order valence-electron chi connectivity index (χ4n) is 2.72. The van der Waals surface area contributed by atoms with Gasteiger partial charge in [-0.05, 0) is 36.8 Å². The zero-order valence-corrected chi connectivity index (χ0v) is 16.2. The number of hydrogen-bond donors (Lipinski definition) is 3. The average Bonchev–Trinajstić information content (AvgIpc) is 2.74. The van der Waals surface area contributed by atoms with Gasteiger partial charge in [-0.25, -0.2) is 9.78 Å². The number of nitrogen functional groups attached to an aromatic ring is 1. The summed E-state index contributed by atoms with van der Waals surface area (Å²) in [5.74, 6) is 1.55. The largest absolute Gasteiger partial charge is 0.491 e. The first kappa shape index (κ1) is 20.0. The second kappa shape index (κ2) is 9.98. The van der Waals surface area contributed by atoms with E-state index in [1.165, 1.54) is 0 Å². The van der Waals surface area contributed by atoms with Gasteiger partial charge in [0, 0.05) is 0 Å². The van der Waals surface area contributed by atoms with Crippen LogP contribution < -0.4 is 21.1 Å². The highest BCUT2D eigenvalue weighted by molar-refractivity contribution is 5.88. The molecule has 0 aliphatic carbocycles. The number of benzene rings is 2. The molecule has 150 valence electrons. The molecule has 2 aromatic carbocycles. The maximum absolute atomic E-state index is 11.6. The highest BCUT2D eigenvalue weighted by Crippen LogP contribution is 2.24. The standard InChI is InChI=1S/C22H24N4O3/c1-2-28-22(27)25-18-13-14-20(26-21(18)23)24-19(16-9-5-3-6-10-16)15-29-17-11-7-4-8-12-17/h3-14,19H,2,15H2,1H3,(H,25,27)(H3,23,24,26). The first-order valence-electron chi connectivity index (χ1n) is 9.35. The number of nitrogens with two attached hydrogens (primary N) is 1. The van der Waals surface area contributed by atoms with Gasteiger partial charge in [-0.3, -0.25) is 5.32 Å². The summed E-state index contributed by atoms with van der Waals surface area (Å²) in [6, 6.07) is 22.9. The average molecular weight is 392 g/mol. The zero-order chi connectivity index (χ0) is 20.5. The summed E-state index contributed by atoms with van der Waals surface area (Å²) in [7, 11) is 0. The maximum atomic E-state index is 11.6. The molecule has 1 heterocycles. The number of nitrogens with zero attached hydrogens (tertiary/aromatic N) is 1. The minimum Gasteiger partial charge on any atom is -0.491 e. The number of amides is 1. The van der Waals surface area contributed by atoms with Crippen LogP contribution in [0, 0.1) is 0 Å². The number of carbonyl (C=O) groups excluding carboxylic acids is 1. The molecule has 0 fully saturated rings. The number of hydrogen-bond acceptors (Lipinski definition) is 6. The molecule has 0 spiro atoms. The molecule has 1 atom stereocenters. The first-order chi connectivity index (χ1) is 14.2. The van der Waals surface area contributed by atoms with Gasteiger partial charge < -0.3 is 20.5 Å². The minimum atomic E-state index is -0.569. The molecule has 7 heteroatoms. The number of aromatic nitrogens is 1. The topological polar surface area (TPSA) is 98.5 Å². The molecule has 3 aromatic rings. The third-order valence-electron chi connectivity index (χ3n) is 4.12. The zero-order valence-electron chi connectivity index (χ0n) is 16.2. The van der Waals surface area contributed by atoms with Gasteiger partial charge in [0.25, 0.3) is 0 Å². The van der Waals surface area contributed by atoms with Crippen LogP contribution in [0.25, 0.3) is 0 Å². The smallest absolute Gasteiger partial charge is 0.411 e. The van der Waals surface area contributed by atoms with E-state index in [1.807, 2.05) is 60.7 Å². The molecule has 0 aliphatic heterocycles. The maximum Gasteiger partial charge on any atom is 0.411 e. The summed E-state index contributed by atoms with van der Waals surface area (Å²) in [5, 5.41) is 5.92. The molecular formula is C22H24N4O3. The third kappa shape index (κ3) is 5.87. The Morgan fingerprint density at radius 3 is 2.38 bits per heavy atom. The van der Waals surface area contributed by atoms with E-state index in [-0.39, 0.29) is 18.5 Å². The number of carbonyl (C=O) groups is 1. The summed E-state index contributed by atoms with van der Waals surface area (Å²) < 4.78 is 10.8. The Morgan fingerprint density at radius 1 is 1.03 bits per heavy atom. The number of pyridine rings is 1. The van der Waals surface area contributed by atoms with E-state index >= 15 is 0 Å². The lowest BCUT2D eigenvalue weighted by Crippen LogP contribution is -2.20. The summed E-state index contributed by atoms with van der Waals surface area (Å²) in [6.45, 7) is 2.41. The van der Waals surface area contributed by atoms with E-state index in [0.29, 0.717) is 18.1 Å². The van der Waals surface area contributed by atoms with Crippen molar-refractivity contribution in [1.82, 2.24) is 4.98 Å². The van der Waals surface area contributed by atoms with Gasteiger partial charge in [-0.2, -0.15) is 0 Å². The summed E-state index contributed by atoms with van der Waals surface area (Å²) in [6.07, 6.45) is -0.569. The van der Waals surface area contributed by atoms with Gasteiger partial charge in [0.05, 0.1) is 18.3 Å². The van der Waals surface area contributed by atoms with E-state index in [2.05, 4.69) is 15.6 Å². The molecule has 1 unspecified atom stereocenters. The Labute approximate surface area is 169 Å². The molecule has 7 nitrogen and oxygen atoms in total. The van der Waals surface area contributed by atoms with Crippen LogP contribution in [0.3, 0.4) is 0 Å². The Kier molecular flexibility index (Phi) is 6.89. The molecule has 0 radical (unpaired) electrons. The third-order valence-corrected chi connectivity index (χ3v) is 4.12. The summed E-state index contributed by atoms with van der Waals surface area (Å²) in [4.78, 5) is 15.9. The van der Waals surface area contributed by atoms with E-state index in [1.54, 1.807) is 19.1 Å². The van der Waals surface area contributed by atoms with Gasteiger partial charge in [0.2, 0.25) is 0 Å². The summed E-state index contributed by atoms with van der Waals surface area (Å²) in [5.41, 5.74) is 7.44. The van der Waals surface area contributed by atoms with E-state index in [4.69, 9.17) is 15.2 Å².